The molecule has 0 bridgehead atoms. The van der Waals surface area contributed by atoms with Gasteiger partial charge in [0.2, 0.25) is 0 Å². The fraction of sp³-hybridized carbons (Fsp3) is 0.500. The molecule has 1 rings (SSSR count). The zero-order chi connectivity index (χ0) is 10.4. The first kappa shape index (κ1) is 11.2. The lowest BCUT2D eigenvalue weighted by Gasteiger charge is -2.06. The molecule has 0 radical (unpaired) electrons. The van der Waals surface area contributed by atoms with Gasteiger partial charge >= 0.3 is 4.87 Å². The van der Waals surface area contributed by atoms with Crippen LogP contribution in [0.4, 0.5) is 0 Å². The predicted molar refractivity (Wildman–Crippen MR) is 60.9 cm³/mol. The topological polar surface area (TPSA) is 34.0 Å². The van der Waals surface area contributed by atoms with Gasteiger partial charge in [-0.3, -0.25) is 4.79 Å². The van der Waals surface area contributed by atoms with Gasteiger partial charge in [0.05, 0.1) is 0 Å². The van der Waals surface area contributed by atoms with Gasteiger partial charge in [-0.1, -0.05) is 24.8 Å². The monoisotopic (exact) mass is 212 g/mol. The maximum Gasteiger partial charge on any atom is 0.307 e. The maximum atomic E-state index is 11.2. The summed E-state index contributed by atoms with van der Waals surface area (Å²) in [6.45, 7) is 8.46. The SMILES string of the molecule is C=C(CNCCC)Cn1ccsc1=O. The minimum Gasteiger partial charge on any atom is -0.313 e. The van der Waals surface area contributed by atoms with Gasteiger partial charge in [0, 0.05) is 24.7 Å². The van der Waals surface area contributed by atoms with Crippen molar-refractivity contribution >= 4 is 11.3 Å². The number of aromatic nitrogens is 1. The van der Waals surface area contributed by atoms with Crippen molar-refractivity contribution in [2.75, 3.05) is 13.1 Å². The Morgan fingerprint density at radius 3 is 3.07 bits per heavy atom. The molecule has 0 aliphatic rings. The fourth-order valence-electron chi connectivity index (χ4n) is 1.15. The molecule has 0 unspecified atom stereocenters. The van der Waals surface area contributed by atoms with Crippen LogP contribution in [0.25, 0.3) is 0 Å². The van der Waals surface area contributed by atoms with Crippen molar-refractivity contribution in [1.82, 2.24) is 9.88 Å². The lowest BCUT2D eigenvalue weighted by molar-refractivity contribution is 0.671. The predicted octanol–water partition coefficient (Wildman–Crippen LogP) is 1.47. The summed E-state index contributed by atoms with van der Waals surface area (Å²) in [5, 5.41) is 5.06. The summed E-state index contributed by atoms with van der Waals surface area (Å²) in [5.41, 5.74) is 1.04. The van der Waals surface area contributed by atoms with Crippen LogP contribution >= 0.6 is 11.3 Å². The highest BCUT2D eigenvalue weighted by molar-refractivity contribution is 7.07. The number of thiazole rings is 1. The molecule has 1 heterocycles. The van der Waals surface area contributed by atoms with E-state index in [9.17, 15) is 4.79 Å². The quantitative estimate of drug-likeness (QED) is 0.572. The second-order valence-corrected chi connectivity index (χ2v) is 4.08. The van der Waals surface area contributed by atoms with E-state index in [1.165, 1.54) is 11.3 Å². The molecule has 1 aromatic heterocycles. The van der Waals surface area contributed by atoms with Gasteiger partial charge in [0.1, 0.15) is 0 Å². The van der Waals surface area contributed by atoms with E-state index >= 15 is 0 Å². The Labute approximate surface area is 88.1 Å². The van der Waals surface area contributed by atoms with Crippen molar-refractivity contribution in [2.24, 2.45) is 0 Å². The van der Waals surface area contributed by atoms with Crippen LogP contribution in [0.5, 0.6) is 0 Å². The lowest BCUT2D eigenvalue weighted by Crippen LogP contribution is -2.22. The molecule has 0 amide bonds. The van der Waals surface area contributed by atoms with E-state index in [1.807, 2.05) is 0 Å². The van der Waals surface area contributed by atoms with Crippen LogP contribution in [0.3, 0.4) is 0 Å². The Hall–Kier alpha value is -0.870. The summed E-state index contributed by atoms with van der Waals surface area (Å²) < 4.78 is 1.68. The Morgan fingerprint density at radius 1 is 1.71 bits per heavy atom. The molecule has 78 valence electrons. The van der Waals surface area contributed by atoms with E-state index in [1.54, 1.807) is 16.1 Å². The molecule has 14 heavy (non-hydrogen) atoms. The molecular formula is C10H16N2OS. The molecule has 0 saturated carbocycles. The van der Waals surface area contributed by atoms with Crippen LogP contribution in [0, 0.1) is 0 Å². The Kier molecular flexibility index (Phi) is 4.62. The molecule has 0 aliphatic heterocycles. The van der Waals surface area contributed by atoms with Crippen LogP contribution in [-0.4, -0.2) is 17.7 Å². The van der Waals surface area contributed by atoms with Crippen LogP contribution in [0.1, 0.15) is 13.3 Å². The minimum absolute atomic E-state index is 0.0849. The third-order valence-corrected chi connectivity index (χ3v) is 2.53. The molecule has 0 aliphatic carbocycles. The Bertz CT molecular complexity index is 340. The number of hydrogen-bond acceptors (Lipinski definition) is 3. The number of rotatable bonds is 6. The first-order chi connectivity index (χ1) is 6.74. The summed E-state index contributed by atoms with van der Waals surface area (Å²) in [6, 6.07) is 0. The van der Waals surface area contributed by atoms with Crippen molar-refractivity contribution in [3.05, 3.63) is 33.4 Å². The van der Waals surface area contributed by atoms with Crippen LogP contribution in [-0.2, 0) is 6.54 Å². The van der Waals surface area contributed by atoms with Crippen LogP contribution in [0.2, 0.25) is 0 Å². The zero-order valence-electron chi connectivity index (χ0n) is 8.45. The second kappa shape index (κ2) is 5.78. The molecular weight excluding hydrogens is 196 g/mol. The third-order valence-electron chi connectivity index (χ3n) is 1.84. The molecule has 4 heteroatoms. The van der Waals surface area contributed by atoms with Gasteiger partial charge in [-0.2, -0.15) is 0 Å². The fourth-order valence-corrected chi connectivity index (χ4v) is 1.73. The van der Waals surface area contributed by atoms with Gasteiger partial charge in [-0.25, -0.2) is 0 Å². The summed E-state index contributed by atoms with van der Waals surface area (Å²) in [4.78, 5) is 11.3. The number of nitrogens with one attached hydrogen (secondary N) is 1. The van der Waals surface area contributed by atoms with E-state index in [4.69, 9.17) is 0 Å². The second-order valence-electron chi connectivity index (χ2n) is 3.22. The smallest absolute Gasteiger partial charge is 0.307 e. The van der Waals surface area contributed by atoms with Crippen LogP contribution < -0.4 is 10.2 Å². The van der Waals surface area contributed by atoms with Crippen molar-refractivity contribution < 1.29 is 0 Å². The highest BCUT2D eigenvalue weighted by atomic mass is 32.1. The molecule has 1 N–H and O–H groups in total. The van der Waals surface area contributed by atoms with E-state index in [2.05, 4.69) is 18.8 Å². The molecule has 0 aromatic carbocycles. The van der Waals surface area contributed by atoms with E-state index < -0.39 is 0 Å². The third kappa shape index (κ3) is 3.47. The Balaban J connectivity index is 2.34. The summed E-state index contributed by atoms with van der Waals surface area (Å²) in [6.07, 6.45) is 2.92. The average Bonchev–Trinajstić information content (AvgIpc) is 2.52. The van der Waals surface area contributed by atoms with E-state index in [0.717, 1.165) is 25.1 Å². The first-order valence-electron chi connectivity index (χ1n) is 4.75. The summed E-state index contributed by atoms with van der Waals surface area (Å²) in [7, 11) is 0. The largest absolute Gasteiger partial charge is 0.313 e. The molecule has 0 spiro atoms. The first-order valence-corrected chi connectivity index (χ1v) is 5.63. The maximum absolute atomic E-state index is 11.2. The number of nitrogens with zero attached hydrogens (tertiary/aromatic N) is 1. The lowest BCUT2D eigenvalue weighted by atomic mass is 10.3. The number of hydrogen-bond donors (Lipinski definition) is 1. The van der Waals surface area contributed by atoms with Gasteiger partial charge in [0.25, 0.3) is 0 Å². The summed E-state index contributed by atoms with van der Waals surface area (Å²) >= 11 is 1.22. The highest BCUT2D eigenvalue weighted by Gasteiger charge is 1.98. The molecule has 0 saturated heterocycles. The van der Waals surface area contributed by atoms with Gasteiger partial charge in [-0.15, -0.1) is 0 Å². The van der Waals surface area contributed by atoms with Crippen LogP contribution in [0.15, 0.2) is 28.5 Å². The minimum atomic E-state index is 0.0849. The van der Waals surface area contributed by atoms with Gasteiger partial charge in [-0.05, 0) is 18.5 Å². The van der Waals surface area contributed by atoms with Gasteiger partial charge in [0.15, 0.2) is 0 Å². The molecule has 1 aromatic rings. The van der Waals surface area contributed by atoms with Crippen molar-refractivity contribution in [3.63, 3.8) is 0 Å². The zero-order valence-corrected chi connectivity index (χ0v) is 9.27. The van der Waals surface area contributed by atoms with Crippen molar-refractivity contribution in [2.45, 2.75) is 19.9 Å². The highest BCUT2D eigenvalue weighted by Crippen LogP contribution is 1.95. The van der Waals surface area contributed by atoms with E-state index in [-0.39, 0.29) is 4.87 Å². The summed E-state index contributed by atoms with van der Waals surface area (Å²) in [5.74, 6) is 0. The molecule has 3 nitrogen and oxygen atoms in total. The van der Waals surface area contributed by atoms with E-state index in [0.29, 0.717) is 6.54 Å². The normalized spacial score (nSPS) is 10.4. The van der Waals surface area contributed by atoms with Gasteiger partial charge < -0.3 is 9.88 Å². The Morgan fingerprint density at radius 2 is 2.50 bits per heavy atom. The standard InChI is InChI=1S/C10H16N2OS/c1-3-4-11-7-9(2)8-12-5-6-14-10(12)13/h5-6,11H,2-4,7-8H2,1H3. The van der Waals surface area contributed by atoms with Crippen molar-refractivity contribution in [1.29, 1.82) is 0 Å². The molecule has 0 fully saturated rings. The average molecular weight is 212 g/mol. The molecule has 0 atom stereocenters. The van der Waals surface area contributed by atoms with Crippen molar-refractivity contribution in [3.8, 4) is 0 Å².